The summed E-state index contributed by atoms with van der Waals surface area (Å²) in [5.74, 6) is 0.540. The molecule has 0 unspecified atom stereocenters. The third-order valence-corrected chi connectivity index (χ3v) is 3.20. The average molecular weight is 289 g/mol. The molecule has 8 nitrogen and oxygen atoms in total. The maximum absolute atomic E-state index is 10.5. The normalized spacial score (nSPS) is 10.4. The zero-order valence-electron chi connectivity index (χ0n) is 9.91. The maximum atomic E-state index is 10.5. The van der Waals surface area contributed by atoms with Crippen molar-refractivity contribution < 1.29 is 9.66 Å². The summed E-state index contributed by atoms with van der Waals surface area (Å²) in [5, 5.41) is 14.7. The highest BCUT2D eigenvalue weighted by atomic mass is 32.1. The van der Waals surface area contributed by atoms with Crippen molar-refractivity contribution in [2.24, 2.45) is 0 Å². The molecule has 2 heterocycles. The van der Waals surface area contributed by atoms with E-state index < -0.39 is 4.92 Å². The molecule has 0 aliphatic carbocycles. The molecule has 9 heteroatoms. The van der Waals surface area contributed by atoms with Gasteiger partial charge in [0.05, 0.1) is 10.6 Å². The molecule has 0 saturated heterocycles. The van der Waals surface area contributed by atoms with Crippen LogP contribution in [-0.2, 0) is 0 Å². The highest BCUT2D eigenvalue weighted by Crippen LogP contribution is 2.31. The first-order valence-electron chi connectivity index (χ1n) is 5.45. The van der Waals surface area contributed by atoms with E-state index in [0.29, 0.717) is 5.75 Å². The van der Waals surface area contributed by atoms with Crippen LogP contribution >= 0.6 is 11.3 Å². The number of thiazole rings is 1. The zero-order valence-corrected chi connectivity index (χ0v) is 10.7. The van der Waals surface area contributed by atoms with Gasteiger partial charge in [0.25, 0.3) is 5.19 Å². The van der Waals surface area contributed by atoms with Crippen molar-refractivity contribution in [2.45, 2.75) is 0 Å². The highest BCUT2D eigenvalue weighted by molar-refractivity contribution is 7.16. The van der Waals surface area contributed by atoms with Gasteiger partial charge < -0.3 is 4.74 Å². The van der Waals surface area contributed by atoms with Gasteiger partial charge in [-0.25, -0.2) is 14.6 Å². The Morgan fingerprint density at radius 3 is 2.70 bits per heavy atom. The summed E-state index contributed by atoms with van der Waals surface area (Å²) in [6.45, 7) is 0. The minimum Gasteiger partial charge on any atom is -0.431 e. The molecule has 0 fully saturated rings. The Balaban J connectivity index is 1.76. The van der Waals surface area contributed by atoms with Gasteiger partial charge in [-0.3, -0.25) is 10.1 Å². The van der Waals surface area contributed by atoms with E-state index in [0.717, 1.165) is 17.0 Å². The molecule has 0 aliphatic heterocycles. The van der Waals surface area contributed by atoms with Crippen LogP contribution in [0.1, 0.15) is 0 Å². The smallest absolute Gasteiger partial charge is 0.347 e. The van der Waals surface area contributed by atoms with Crippen molar-refractivity contribution in [3.63, 3.8) is 0 Å². The number of rotatable bonds is 4. The Labute approximate surface area is 116 Å². The molecule has 0 bridgehead atoms. The number of nitrogens with zero attached hydrogens (tertiary/aromatic N) is 5. The molecule has 0 amide bonds. The molecule has 3 rings (SSSR count). The van der Waals surface area contributed by atoms with Crippen LogP contribution in [0.5, 0.6) is 10.9 Å². The molecule has 0 spiro atoms. The van der Waals surface area contributed by atoms with Crippen LogP contribution in [0.25, 0.3) is 5.69 Å². The molecule has 20 heavy (non-hydrogen) atoms. The van der Waals surface area contributed by atoms with E-state index >= 15 is 0 Å². The van der Waals surface area contributed by atoms with Crippen LogP contribution in [0.4, 0.5) is 5.00 Å². The zero-order chi connectivity index (χ0) is 13.9. The van der Waals surface area contributed by atoms with Crippen LogP contribution in [0.15, 0.2) is 43.1 Å². The van der Waals surface area contributed by atoms with E-state index in [9.17, 15) is 10.1 Å². The Morgan fingerprint density at radius 1 is 1.30 bits per heavy atom. The average Bonchev–Trinajstić information content (AvgIpc) is 3.10. The SMILES string of the molecule is O=[N+]([O-])c1cnc(Oc2ccc(-n3cncn3)cc2)s1. The largest absolute Gasteiger partial charge is 0.431 e. The summed E-state index contributed by atoms with van der Waals surface area (Å²) in [7, 11) is 0. The van der Waals surface area contributed by atoms with Gasteiger partial charge in [-0.15, -0.1) is 0 Å². The van der Waals surface area contributed by atoms with Crippen LogP contribution in [0, 0.1) is 10.1 Å². The first-order chi connectivity index (χ1) is 9.72. The number of benzene rings is 1. The van der Waals surface area contributed by atoms with E-state index in [4.69, 9.17) is 4.74 Å². The Kier molecular flexibility index (Phi) is 3.09. The van der Waals surface area contributed by atoms with Gasteiger partial charge in [0.2, 0.25) is 0 Å². The molecule has 100 valence electrons. The summed E-state index contributed by atoms with van der Waals surface area (Å²) in [6, 6.07) is 7.05. The third kappa shape index (κ3) is 2.47. The van der Waals surface area contributed by atoms with Gasteiger partial charge in [-0.05, 0) is 35.6 Å². The van der Waals surface area contributed by atoms with Crippen molar-refractivity contribution in [3.05, 3.63) is 53.2 Å². The van der Waals surface area contributed by atoms with E-state index in [-0.39, 0.29) is 10.2 Å². The molecule has 0 radical (unpaired) electrons. The second-order valence-corrected chi connectivity index (χ2v) is 4.63. The second kappa shape index (κ2) is 5.05. The lowest BCUT2D eigenvalue weighted by atomic mass is 10.3. The number of aromatic nitrogens is 4. The van der Waals surface area contributed by atoms with Crippen LogP contribution in [-0.4, -0.2) is 24.7 Å². The van der Waals surface area contributed by atoms with E-state index in [1.807, 2.05) is 0 Å². The number of nitro groups is 1. The predicted molar refractivity (Wildman–Crippen MR) is 70.2 cm³/mol. The molecule has 3 aromatic rings. The number of hydrogen-bond acceptors (Lipinski definition) is 7. The number of hydrogen-bond donors (Lipinski definition) is 0. The van der Waals surface area contributed by atoms with Gasteiger partial charge in [0.1, 0.15) is 24.6 Å². The van der Waals surface area contributed by atoms with Crippen molar-refractivity contribution in [1.29, 1.82) is 0 Å². The fourth-order valence-corrected chi connectivity index (χ4v) is 2.09. The molecule has 1 aromatic carbocycles. The Hall–Kier alpha value is -2.81. The molecule has 0 N–H and O–H groups in total. The van der Waals surface area contributed by atoms with Crippen molar-refractivity contribution in [3.8, 4) is 16.6 Å². The monoisotopic (exact) mass is 289 g/mol. The van der Waals surface area contributed by atoms with Gasteiger partial charge in [0, 0.05) is 0 Å². The Morgan fingerprint density at radius 2 is 2.10 bits per heavy atom. The lowest BCUT2D eigenvalue weighted by Crippen LogP contribution is -1.93. The van der Waals surface area contributed by atoms with Crippen LogP contribution in [0.2, 0.25) is 0 Å². The minimum absolute atomic E-state index is 0.0563. The maximum Gasteiger partial charge on any atom is 0.347 e. The van der Waals surface area contributed by atoms with Gasteiger partial charge in [0.15, 0.2) is 0 Å². The summed E-state index contributed by atoms with van der Waals surface area (Å²) < 4.78 is 7.05. The Bertz CT molecular complexity index is 723. The van der Waals surface area contributed by atoms with E-state index in [2.05, 4.69) is 15.1 Å². The van der Waals surface area contributed by atoms with Crippen LogP contribution in [0.3, 0.4) is 0 Å². The lowest BCUT2D eigenvalue weighted by molar-refractivity contribution is -0.380. The fourth-order valence-electron chi connectivity index (χ4n) is 1.49. The highest BCUT2D eigenvalue weighted by Gasteiger charge is 2.12. The molecule has 0 saturated carbocycles. The van der Waals surface area contributed by atoms with Gasteiger partial charge >= 0.3 is 5.00 Å². The minimum atomic E-state index is -0.502. The second-order valence-electron chi connectivity index (χ2n) is 3.66. The third-order valence-electron chi connectivity index (χ3n) is 2.38. The molecule has 0 atom stereocenters. The molecule has 0 aliphatic rings. The van der Waals surface area contributed by atoms with Crippen molar-refractivity contribution in [2.75, 3.05) is 0 Å². The summed E-state index contributed by atoms with van der Waals surface area (Å²) in [6.07, 6.45) is 4.20. The predicted octanol–water partition coefficient (Wildman–Crippen LogP) is 2.42. The summed E-state index contributed by atoms with van der Waals surface area (Å²) >= 11 is 0.878. The number of ether oxygens (including phenoxy) is 1. The quantitative estimate of drug-likeness (QED) is 0.540. The fraction of sp³-hybridized carbons (Fsp3) is 0. The van der Waals surface area contributed by atoms with Gasteiger partial charge in [-0.2, -0.15) is 5.10 Å². The van der Waals surface area contributed by atoms with Gasteiger partial charge in [-0.1, -0.05) is 0 Å². The first-order valence-corrected chi connectivity index (χ1v) is 6.27. The van der Waals surface area contributed by atoms with Crippen LogP contribution < -0.4 is 4.74 Å². The summed E-state index contributed by atoms with van der Waals surface area (Å²) in [5.41, 5.74) is 0.833. The lowest BCUT2D eigenvalue weighted by Gasteiger charge is -2.03. The van der Waals surface area contributed by atoms with E-state index in [1.165, 1.54) is 12.5 Å². The van der Waals surface area contributed by atoms with E-state index in [1.54, 1.807) is 35.3 Å². The summed E-state index contributed by atoms with van der Waals surface area (Å²) in [4.78, 5) is 17.7. The topological polar surface area (TPSA) is 96.0 Å². The molecule has 2 aromatic heterocycles. The first kappa shape index (κ1) is 12.2. The molecular formula is C11H7N5O3S. The van der Waals surface area contributed by atoms with Crippen molar-refractivity contribution in [1.82, 2.24) is 19.7 Å². The standard InChI is InChI=1S/C11H7N5O3S/c17-16(18)10-5-13-11(20-10)19-9-3-1-8(2-4-9)15-7-12-6-14-15/h1-7H. The molecular weight excluding hydrogens is 282 g/mol. The van der Waals surface area contributed by atoms with Crippen molar-refractivity contribution >= 4 is 16.3 Å².